The summed E-state index contributed by atoms with van der Waals surface area (Å²) in [6.07, 6.45) is 2.20. The van der Waals surface area contributed by atoms with Gasteiger partial charge in [0.15, 0.2) is 11.6 Å². The summed E-state index contributed by atoms with van der Waals surface area (Å²) in [4.78, 5) is 25.1. The summed E-state index contributed by atoms with van der Waals surface area (Å²) < 4.78 is 6.41. The first kappa shape index (κ1) is 17.0. The number of carbonyl (C=O) groups is 2. The number of carbonyl (C=O) groups excluding carboxylic acids is 2. The fourth-order valence-electron chi connectivity index (χ4n) is 3.69. The Morgan fingerprint density at radius 2 is 2.08 bits per heavy atom. The van der Waals surface area contributed by atoms with Crippen LogP contribution >= 0.6 is 15.9 Å². The molecule has 3 rings (SSSR count). The van der Waals surface area contributed by atoms with Crippen LogP contribution in [0.5, 0.6) is 5.75 Å². The minimum atomic E-state index is -0.376. The van der Waals surface area contributed by atoms with Crippen LogP contribution in [0.2, 0.25) is 0 Å². The molecule has 24 heavy (non-hydrogen) atoms. The van der Waals surface area contributed by atoms with Gasteiger partial charge in [0.2, 0.25) is 0 Å². The van der Waals surface area contributed by atoms with Crippen LogP contribution in [0, 0.1) is 0 Å². The van der Waals surface area contributed by atoms with Gasteiger partial charge in [-0.15, -0.1) is 0 Å². The molecule has 0 amide bonds. The van der Waals surface area contributed by atoms with Crippen molar-refractivity contribution < 1.29 is 14.3 Å². The number of hydrogen-bond acceptors (Lipinski definition) is 4. The van der Waals surface area contributed by atoms with Crippen LogP contribution in [0.3, 0.4) is 0 Å². The summed E-state index contributed by atoms with van der Waals surface area (Å²) in [7, 11) is 1.61. The van der Waals surface area contributed by atoms with E-state index < -0.39 is 0 Å². The maximum Gasteiger partial charge on any atom is 0.161 e. The quantitative estimate of drug-likeness (QED) is 0.847. The topological polar surface area (TPSA) is 55.4 Å². The Morgan fingerprint density at radius 1 is 1.33 bits per heavy atom. The number of ketones is 2. The Hall–Kier alpha value is -1.88. The number of Topliss-reactive ketones (excluding diaryl/α,β-unsaturated/α-hetero) is 2. The summed E-state index contributed by atoms with van der Waals surface area (Å²) >= 11 is 3.49. The lowest BCUT2D eigenvalue weighted by Crippen LogP contribution is -2.33. The van der Waals surface area contributed by atoms with Gasteiger partial charge in [-0.25, -0.2) is 0 Å². The molecule has 1 N–H and O–H groups in total. The first-order valence-electron chi connectivity index (χ1n) is 8.02. The average Bonchev–Trinajstić information content (AvgIpc) is 2.53. The molecule has 0 spiro atoms. The van der Waals surface area contributed by atoms with Gasteiger partial charge in [-0.1, -0.05) is 15.9 Å². The summed E-state index contributed by atoms with van der Waals surface area (Å²) in [5, 5.41) is 3.30. The third-order valence-electron chi connectivity index (χ3n) is 4.66. The van der Waals surface area contributed by atoms with Crippen molar-refractivity contribution in [2.75, 3.05) is 7.11 Å². The summed E-state index contributed by atoms with van der Waals surface area (Å²) in [5.41, 5.74) is 3.97. The van der Waals surface area contributed by atoms with Crippen LogP contribution in [0.25, 0.3) is 0 Å². The molecule has 4 nitrogen and oxygen atoms in total. The Bertz CT molecular complexity index is 792. The first-order chi connectivity index (χ1) is 11.4. The van der Waals surface area contributed by atoms with Crippen molar-refractivity contribution in [1.82, 2.24) is 5.32 Å². The van der Waals surface area contributed by atoms with E-state index in [0.717, 1.165) is 34.3 Å². The van der Waals surface area contributed by atoms with Gasteiger partial charge in [0.25, 0.3) is 0 Å². The van der Waals surface area contributed by atoms with E-state index in [1.54, 1.807) is 14.0 Å². The molecule has 126 valence electrons. The lowest BCUT2D eigenvalue weighted by Gasteiger charge is -2.34. The molecule has 1 aromatic rings. The highest BCUT2D eigenvalue weighted by Gasteiger charge is 2.38. The highest BCUT2D eigenvalue weighted by Crippen LogP contribution is 2.45. The minimum absolute atomic E-state index is 0.0306. The number of halogens is 1. The molecule has 0 fully saturated rings. The smallest absolute Gasteiger partial charge is 0.161 e. The number of rotatable bonds is 3. The van der Waals surface area contributed by atoms with E-state index in [-0.39, 0.29) is 17.5 Å². The van der Waals surface area contributed by atoms with E-state index in [4.69, 9.17) is 4.74 Å². The van der Waals surface area contributed by atoms with Crippen LogP contribution < -0.4 is 10.1 Å². The van der Waals surface area contributed by atoms with Gasteiger partial charge < -0.3 is 10.1 Å². The molecule has 2 aliphatic rings. The number of dihydropyridines is 1. The second kappa shape index (κ2) is 6.55. The lowest BCUT2D eigenvalue weighted by molar-refractivity contribution is -0.116. The van der Waals surface area contributed by atoms with E-state index in [2.05, 4.69) is 21.2 Å². The van der Waals surface area contributed by atoms with Crippen molar-refractivity contribution in [2.45, 2.75) is 39.0 Å². The fraction of sp³-hybridized carbons (Fsp3) is 0.368. The normalized spacial score (nSPS) is 20.7. The molecule has 0 unspecified atom stereocenters. The predicted molar refractivity (Wildman–Crippen MR) is 95.8 cm³/mol. The molecule has 0 bridgehead atoms. The lowest BCUT2D eigenvalue weighted by atomic mass is 9.74. The Balaban J connectivity index is 2.28. The van der Waals surface area contributed by atoms with Crippen molar-refractivity contribution in [1.29, 1.82) is 0 Å². The number of hydrogen-bond donors (Lipinski definition) is 1. The maximum absolute atomic E-state index is 12.7. The molecule has 1 atom stereocenters. The van der Waals surface area contributed by atoms with Gasteiger partial charge in [-0.05, 0) is 44.9 Å². The fourth-order valence-corrected chi connectivity index (χ4v) is 4.07. The zero-order valence-electron chi connectivity index (χ0n) is 14.0. The van der Waals surface area contributed by atoms with Gasteiger partial charge in [-0.3, -0.25) is 9.59 Å². The van der Waals surface area contributed by atoms with E-state index in [1.807, 2.05) is 25.1 Å². The van der Waals surface area contributed by atoms with Gasteiger partial charge in [0.05, 0.1) is 7.11 Å². The third-order valence-corrected chi connectivity index (χ3v) is 5.15. The molecule has 0 saturated carbocycles. The van der Waals surface area contributed by atoms with E-state index in [1.165, 1.54) is 0 Å². The molecular formula is C19H20BrNO3. The van der Waals surface area contributed by atoms with Crippen LogP contribution in [0.4, 0.5) is 0 Å². The molecule has 5 heteroatoms. The van der Waals surface area contributed by atoms with Gasteiger partial charge in [-0.2, -0.15) is 0 Å². The first-order valence-corrected chi connectivity index (χ1v) is 8.81. The van der Waals surface area contributed by atoms with Gasteiger partial charge in [0.1, 0.15) is 5.75 Å². The molecule has 0 aromatic heterocycles. The van der Waals surface area contributed by atoms with E-state index in [9.17, 15) is 9.59 Å². The number of benzene rings is 1. The molecule has 1 aromatic carbocycles. The van der Waals surface area contributed by atoms with Crippen molar-refractivity contribution >= 4 is 27.5 Å². The van der Waals surface area contributed by atoms with Crippen LogP contribution in [0.1, 0.15) is 44.6 Å². The summed E-state index contributed by atoms with van der Waals surface area (Å²) in [5.74, 6) is 0.389. The Kier molecular flexibility index (Phi) is 4.63. The third kappa shape index (κ3) is 2.81. The second-order valence-corrected chi connectivity index (χ2v) is 7.12. The summed E-state index contributed by atoms with van der Waals surface area (Å²) in [6, 6.07) is 5.70. The molecular weight excluding hydrogens is 370 g/mol. The Labute approximate surface area is 150 Å². The SMILES string of the molecule is COc1ccc(Br)cc1[C@@H]1C(C(C)=O)=C(C)NC2=C1C(=O)CCC2. The van der Waals surface area contributed by atoms with Crippen molar-refractivity contribution in [3.63, 3.8) is 0 Å². The van der Waals surface area contributed by atoms with Crippen molar-refractivity contribution in [3.05, 3.63) is 50.8 Å². The zero-order valence-corrected chi connectivity index (χ0v) is 15.6. The standard InChI is InChI=1S/C19H20BrNO3/c1-10-17(11(2)22)18(13-9-12(20)7-8-16(13)24-3)19-14(21-10)5-4-6-15(19)23/h7-9,18,21H,4-6H2,1-3H3/t18-/m1/s1. The predicted octanol–water partition coefficient (Wildman–Crippen LogP) is 4.01. The highest BCUT2D eigenvalue weighted by molar-refractivity contribution is 9.10. The summed E-state index contributed by atoms with van der Waals surface area (Å²) in [6.45, 7) is 3.45. The molecule has 0 saturated heterocycles. The number of ether oxygens (including phenoxy) is 1. The van der Waals surface area contributed by atoms with Crippen LogP contribution in [-0.2, 0) is 9.59 Å². The molecule has 0 radical (unpaired) electrons. The van der Waals surface area contributed by atoms with Gasteiger partial charge >= 0.3 is 0 Å². The molecule has 1 aliphatic carbocycles. The maximum atomic E-state index is 12.7. The van der Waals surface area contributed by atoms with Gasteiger partial charge in [0, 0.05) is 44.9 Å². The monoisotopic (exact) mass is 389 g/mol. The average molecular weight is 390 g/mol. The number of allylic oxidation sites excluding steroid dienone is 4. The van der Waals surface area contributed by atoms with Crippen molar-refractivity contribution in [3.8, 4) is 5.75 Å². The van der Waals surface area contributed by atoms with Crippen LogP contribution in [0.15, 0.2) is 45.2 Å². The molecule has 1 heterocycles. The highest BCUT2D eigenvalue weighted by atomic mass is 79.9. The van der Waals surface area contributed by atoms with Crippen LogP contribution in [-0.4, -0.2) is 18.7 Å². The van der Waals surface area contributed by atoms with E-state index >= 15 is 0 Å². The largest absolute Gasteiger partial charge is 0.496 e. The second-order valence-electron chi connectivity index (χ2n) is 6.21. The minimum Gasteiger partial charge on any atom is -0.496 e. The molecule has 1 aliphatic heterocycles. The zero-order chi connectivity index (χ0) is 17.4. The number of nitrogens with one attached hydrogen (secondary N) is 1. The number of methoxy groups -OCH3 is 1. The van der Waals surface area contributed by atoms with Crippen molar-refractivity contribution in [2.24, 2.45) is 0 Å². The Morgan fingerprint density at radius 3 is 2.75 bits per heavy atom. The van der Waals surface area contributed by atoms with E-state index in [0.29, 0.717) is 23.3 Å².